The highest BCUT2D eigenvalue weighted by Gasteiger charge is 2.23. The van der Waals surface area contributed by atoms with Gasteiger partial charge in [-0.25, -0.2) is 4.98 Å². The van der Waals surface area contributed by atoms with Gasteiger partial charge in [-0.15, -0.1) is 0 Å². The van der Waals surface area contributed by atoms with Gasteiger partial charge in [0.2, 0.25) is 0 Å². The lowest BCUT2D eigenvalue weighted by atomic mass is 9.85. The second kappa shape index (κ2) is 4.68. The number of aromatic nitrogens is 2. The van der Waals surface area contributed by atoms with Gasteiger partial charge in [0.1, 0.15) is 5.82 Å². The Labute approximate surface area is 111 Å². The maximum atomic E-state index is 11.2. The van der Waals surface area contributed by atoms with Gasteiger partial charge < -0.3 is 10.1 Å². The molecule has 1 saturated carbocycles. The van der Waals surface area contributed by atoms with E-state index in [0.717, 1.165) is 22.4 Å². The van der Waals surface area contributed by atoms with Crippen molar-refractivity contribution >= 4 is 17.0 Å². The van der Waals surface area contributed by atoms with Crippen molar-refractivity contribution in [2.45, 2.75) is 44.4 Å². The topological polar surface area (TPSA) is 66.0 Å². The third kappa shape index (κ3) is 2.11. The Balaban J connectivity index is 1.97. The number of nitrogens with zero attached hydrogens (tertiary/aromatic N) is 1. The van der Waals surface area contributed by atoms with Gasteiger partial charge in [-0.3, -0.25) is 4.79 Å². The highest BCUT2D eigenvalue weighted by Crippen LogP contribution is 2.35. The highest BCUT2D eigenvalue weighted by molar-refractivity contribution is 5.81. The van der Waals surface area contributed by atoms with Crippen LogP contribution in [0.15, 0.2) is 18.2 Å². The quantitative estimate of drug-likeness (QED) is 0.883. The summed E-state index contributed by atoms with van der Waals surface area (Å²) in [7, 11) is 0. The van der Waals surface area contributed by atoms with E-state index >= 15 is 0 Å². The number of carboxylic acid groups (broad SMARTS) is 1. The maximum Gasteiger partial charge on any atom is 0.310 e. The van der Waals surface area contributed by atoms with Crippen molar-refractivity contribution in [2.24, 2.45) is 0 Å². The lowest BCUT2D eigenvalue weighted by molar-refractivity contribution is -0.138. The summed E-state index contributed by atoms with van der Waals surface area (Å²) in [6.07, 6.45) is 4.30. The number of hydrogen-bond acceptors (Lipinski definition) is 2. The minimum atomic E-state index is -0.763. The summed E-state index contributed by atoms with van der Waals surface area (Å²) in [6.45, 7) is 1.90. The fraction of sp³-hybridized carbons (Fsp3) is 0.467. The largest absolute Gasteiger partial charge is 0.481 e. The molecule has 4 nitrogen and oxygen atoms in total. The van der Waals surface area contributed by atoms with Gasteiger partial charge in [0.25, 0.3) is 0 Å². The van der Waals surface area contributed by atoms with Gasteiger partial charge in [0, 0.05) is 5.92 Å². The van der Waals surface area contributed by atoms with Crippen molar-refractivity contribution in [3.8, 4) is 0 Å². The van der Waals surface area contributed by atoms with Crippen LogP contribution >= 0.6 is 0 Å². The third-order valence-electron chi connectivity index (χ3n) is 4.12. The molecule has 1 atom stereocenters. The van der Waals surface area contributed by atoms with E-state index in [1.54, 1.807) is 0 Å². The van der Waals surface area contributed by atoms with E-state index in [9.17, 15) is 9.90 Å². The summed E-state index contributed by atoms with van der Waals surface area (Å²) >= 11 is 0. The molecule has 4 heteroatoms. The monoisotopic (exact) mass is 258 g/mol. The molecule has 1 heterocycles. The standard InChI is InChI=1S/C15H18N2O2/c1-2-11(15(18)19)10-6-7-12-13(8-10)17-14(16-12)9-4-3-5-9/h6-9,11H,2-5H2,1H3,(H,16,17)(H,18,19). The van der Waals surface area contributed by atoms with Gasteiger partial charge in [-0.2, -0.15) is 0 Å². The van der Waals surface area contributed by atoms with Crippen molar-refractivity contribution < 1.29 is 9.90 Å². The van der Waals surface area contributed by atoms with E-state index in [1.165, 1.54) is 19.3 Å². The van der Waals surface area contributed by atoms with E-state index in [0.29, 0.717) is 12.3 Å². The number of imidazole rings is 1. The number of nitrogens with one attached hydrogen (secondary N) is 1. The van der Waals surface area contributed by atoms with E-state index < -0.39 is 11.9 Å². The molecule has 1 aromatic heterocycles. The first kappa shape index (κ1) is 12.2. The number of hydrogen-bond donors (Lipinski definition) is 2. The van der Waals surface area contributed by atoms with Crippen LogP contribution in [-0.4, -0.2) is 21.0 Å². The third-order valence-corrected chi connectivity index (χ3v) is 4.12. The maximum absolute atomic E-state index is 11.2. The number of rotatable bonds is 4. The van der Waals surface area contributed by atoms with Crippen LogP contribution in [0.4, 0.5) is 0 Å². The molecule has 1 aliphatic carbocycles. The first-order valence-electron chi connectivity index (χ1n) is 6.91. The zero-order valence-corrected chi connectivity index (χ0v) is 11.0. The zero-order valence-electron chi connectivity index (χ0n) is 11.0. The van der Waals surface area contributed by atoms with Crippen molar-refractivity contribution in [3.05, 3.63) is 29.6 Å². The predicted octanol–water partition coefficient (Wildman–Crippen LogP) is 3.41. The van der Waals surface area contributed by atoms with Gasteiger partial charge >= 0.3 is 5.97 Å². The summed E-state index contributed by atoms with van der Waals surface area (Å²) in [5.41, 5.74) is 2.75. The number of fused-ring (bicyclic) bond motifs is 1. The average Bonchev–Trinajstić information content (AvgIpc) is 2.69. The summed E-state index contributed by atoms with van der Waals surface area (Å²) in [5, 5.41) is 9.21. The molecule has 100 valence electrons. The molecule has 2 aromatic rings. The summed E-state index contributed by atoms with van der Waals surface area (Å²) in [5.74, 6) is 0.430. The minimum absolute atomic E-state index is 0.431. The number of aliphatic carboxylic acids is 1. The van der Waals surface area contributed by atoms with Gasteiger partial charge in [0.15, 0.2) is 0 Å². The van der Waals surface area contributed by atoms with Crippen LogP contribution in [0.1, 0.15) is 55.8 Å². The molecule has 0 aliphatic heterocycles. The average molecular weight is 258 g/mol. The lowest BCUT2D eigenvalue weighted by Gasteiger charge is -2.22. The normalized spacial score (nSPS) is 17.3. The molecule has 0 spiro atoms. The van der Waals surface area contributed by atoms with Crippen molar-refractivity contribution in [3.63, 3.8) is 0 Å². The molecule has 1 aromatic carbocycles. The van der Waals surface area contributed by atoms with Crippen LogP contribution in [0.5, 0.6) is 0 Å². The van der Waals surface area contributed by atoms with Gasteiger partial charge in [0.05, 0.1) is 17.0 Å². The number of H-pyrrole nitrogens is 1. The molecule has 19 heavy (non-hydrogen) atoms. The Morgan fingerprint density at radius 3 is 2.89 bits per heavy atom. The van der Waals surface area contributed by atoms with Crippen LogP contribution in [-0.2, 0) is 4.79 Å². The number of aromatic amines is 1. The van der Waals surface area contributed by atoms with Crippen LogP contribution in [0.3, 0.4) is 0 Å². The molecule has 1 unspecified atom stereocenters. The smallest absolute Gasteiger partial charge is 0.310 e. The molecule has 1 fully saturated rings. The lowest BCUT2D eigenvalue weighted by Crippen LogP contribution is -2.10. The number of carbonyl (C=O) groups is 1. The zero-order chi connectivity index (χ0) is 13.4. The highest BCUT2D eigenvalue weighted by atomic mass is 16.4. The van der Waals surface area contributed by atoms with Crippen LogP contribution < -0.4 is 0 Å². The summed E-state index contributed by atoms with van der Waals surface area (Å²) < 4.78 is 0. The molecule has 0 saturated heterocycles. The Morgan fingerprint density at radius 1 is 1.53 bits per heavy atom. The van der Waals surface area contributed by atoms with E-state index in [4.69, 9.17) is 0 Å². The number of benzene rings is 1. The Kier molecular flexibility index (Phi) is 3.01. The van der Waals surface area contributed by atoms with Gasteiger partial charge in [-0.05, 0) is 37.0 Å². The van der Waals surface area contributed by atoms with Crippen molar-refractivity contribution in [1.82, 2.24) is 9.97 Å². The Bertz CT molecular complexity index is 614. The predicted molar refractivity (Wildman–Crippen MR) is 73.4 cm³/mol. The fourth-order valence-corrected chi connectivity index (χ4v) is 2.69. The first-order chi connectivity index (χ1) is 9.19. The molecule has 2 N–H and O–H groups in total. The molecule has 3 rings (SSSR count). The second-order valence-corrected chi connectivity index (χ2v) is 5.33. The SMILES string of the molecule is CCC(C(=O)O)c1ccc2nc(C3CCC3)[nH]c2c1. The summed E-state index contributed by atoms with van der Waals surface area (Å²) in [6, 6.07) is 5.75. The van der Waals surface area contributed by atoms with Crippen molar-refractivity contribution in [2.75, 3.05) is 0 Å². The molecular weight excluding hydrogens is 240 g/mol. The number of carboxylic acids is 1. The van der Waals surface area contributed by atoms with E-state index in [1.807, 2.05) is 25.1 Å². The molecule has 1 aliphatic rings. The summed E-state index contributed by atoms with van der Waals surface area (Å²) in [4.78, 5) is 19.2. The van der Waals surface area contributed by atoms with E-state index in [2.05, 4.69) is 9.97 Å². The Morgan fingerprint density at radius 2 is 2.32 bits per heavy atom. The molecular formula is C15H18N2O2. The minimum Gasteiger partial charge on any atom is -0.481 e. The van der Waals surface area contributed by atoms with Gasteiger partial charge in [-0.1, -0.05) is 19.4 Å². The molecule has 0 bridgehead atoms. The molecule has 0 amide bonds. The van der Waals surface area contributed by atoms with E-state index in [-0.39, 0.29) is 0 Å². The molecule has 0 radical (unpaired) electrons. The van der Waals surface area contributed by atoms with Crippen LogP contribution in [0.2, 0.25) is 0 Å². The fourth-order valence-electron chi connectivity index (χ4n) is 2.69. The first-order valence-corrected chi connectivity index (χ1v) is 6.91. The van der Waals surface area contributed by atoms with Crippen LogP contribution in [0, 0.1) is 0 Å². The Hall–Kier alpha value is -1.84. The second-order valence-electron chi connectivity index (χ2n) is 5.33. The van der Waals surface area contributed by atoms with Crippen molar-refractivity contribution in [1.29, 1.82) is 0 Å². The van der Waals surface area contributed by atoms with Crippen LogP contribution in [0.25, 0.3) is 11.0 Å².